The molecule has 2 aromatic carbocycles. The van der Waals surface area contributed by atoms with Crippen molar-refractivity contribution >= 4 is 27.8 Å². The number of aliphatic hydroxyl groups excluding tert-OH is 1. The summed E-state index contributed by atoms with van der Waals surface area (Å²) in [6.45, 7) is 25.4. The number of fused-ring (bicyclic) bond motifs is 2. The van der Waals surface area contributed by atoms with Gasteiger partial charge in [0.05, 0.1) is 12.0 Å². The van der Waals surface area contributed by atoms with E-state index in [2.05, 4.69) is 66.2 Å². The molecule has 1 aromatic heterocycles. The van der Waals surface area contributed by atoms with Gasteiger partial charge in [-0.05, 0) is 46.1 Å². The van der Waals surface area contributed by atoms with Crippen LogP contribution in [0.5, 0.6) is 17.2 Å². The van der Waals surface area contributed by atoms with Crippen LogP contribution in [0.4, 0.5) is 0 Å². The van der Waals surface area contributed by atoms with Crippen LogP contribution in [-0.2, 0) is 24.2 Å². The third kappa shape index (κ3) is 14.6. The van der Waals surface area contributed by atoms with E-state index in [0.717, 1.165) is 43.9 Å². The Morgan fingerprint density at radius 3 is 1.79 bits per heavy atom. The van der Waals surface area contributed by atoms with Crippen LogP contribution in [0, 0.1) is 0 Å². The monoisotopic (exact) mass is 778 g/mol. The molecule has 0 aliphatic carbocycles. The molecule has 0 radical (unpaired) electrons. The first kappa shape index (κ1) is 46.0. The predicted molar refractivity (Wildman–Crippen MR) is 227 cm³/mol. The Morgan fingerprint density at radius 2 is 1.23 bits per heavy atom. The second-order valence-electron chi connectivity index (χ2n) is 15.0. The summed E-state index contributed by atoms with van der Waals surface area (Å²) in [5.41, 5.74) is 3.87. The average molecular weight is 779 g/mol. The zero-order chi connectivity index (χ0) is 41.2. The molecule has 0 saturated heterocycles. The summed E-state index contributed by atoms with van der Waals surface area (Å²) in [7, 11) is 0. The molecular weight excluding hydrogens is 713 g/mol. The van der Waals surface area contributed by atoms with Crippen LogP contribution in [0.2, 0.25) is 0 Å². The van der Waals surface area contributed by atoms with Crippen LogP contribution < -0.4 is 46.8 Å². The van der Waals surface area contributed by atoms with Crippen LogP contribution >= 0.6 is 0 Å². The number of amides is 1. The number of rotatable bonds is 26. The molecule has 0 aliphatic heterocycles. The molecule has 0 fully saturated rings. The molecule has 1 amide bonds. The van der Waals surface area contributed by atoms with Crippen LogP contribution in [0.25, 0.3) is 21.9 Å². The molecule has 310 valence electrons. The maximum atomic E-state index is 14.5. The van der Waals surface area contributed by atoms with Gasteiger partial charge >= 0.3 is 0 Å². The SMILES string of the molecule is C=C(COc1cc2oc3cc(OCC(=O)NCCNCCNC(C)C)c(CO)c(CC=C(C)C)c3c(=O)c2c(O)c1CC=C(C)C)NCCNCCNC(C)C. The number of benzene rings is 2. The lowest BCUT2D eigenvalue weighted by Crippen LogP contribution is -2.37. The minimum Gasteiger partial charge on any atom is -0.507 e. The molecule has 13 heteroatoms. The van der Waals surface area contributed by atoms with Gasteiger partial charge in [-0.3, -0.25) is 9.59 Å². The predicted octanol–water partition coefficient (Wildman–Crippen LogP) is 4.31. The largest absolute Gasteiger partial charge is 0.507 e. The number of ether oxygens (including phenoxy) is 2. The summed E-state index contributed by atoms with van der Waals surface area (Å²) in [6.07, 6.45) is 4.50. The van der Waals surface area contributed by atoms with E-state index in [1.54, 1.807) is 6.07 Å². The van der Waals surface area contributed by atoms with Gasteiger partial charge in [-0.2, -0.15) is 0 Å². The van der Waals surface area contributed by atoms with Gasteiger partial charge in [0.15, 0.2) is 6.61 Å². The van der Waals surface area contributed by atoms with Crippen molar-refractivity contribution < 1.29 is 28.9 Å². The maximum Gasteiger partial charge on any atom is 0.257 e. The first-order valence-corrected chi connectivity index (χ1v) is 19.7. The highest BCUT2D eigenvalue weighted by atomic mass is 16.5. The van der Waals surface area contributed by atoms with E-state index in [1.807, 2.05) is 39.8 Å². The zero-order valence-corrected chi connectivity index (χ0v) is 34.8. The molecule has 3 rings (SSSR count). The second kappa shape index (κ2) is 23.6. The standard InChI is InChI=1S/C43H66N6O7/c1-27(2)10-12-32-34(24-50)36(55-26-39(51)49-21-17-45-15-19-47-30(7)8)23-37-40(32)43(53)41-38(56-37)22-35(33(42(41)52)13-11-28(3)4)54-25-31(9)48-20-16-44-14-18-46-29(5)6/h10-11,22-23,29-30,44-48,50,52H,9,12-21,24-26H2,1-8H3,(H,49,51). The quantitative estimate of drug-likeness (QED) is 0.0330. The lowest BCUT2D eigenvalue weighted by Gasteiger charge is -2.18. The van der Waals surface area contributed by atoms with Gasteiger partial charge in [0.2, 0.25) is 5.43 Å². The van der Waals surface area contributed by atoms with Crippen molar-refractivity contribution in [1.29, 1.82) is 0 Å². The molecule has 3 aromatic rings. The van der Waals surface area contributed by atoms with Crippen LogP contribution in [0.15, 0.2) is 56.9 Å². The maximum absolute atomic E-state index is 14.5. The van der Waals surface area contributed by atoms with Crippen molar-refractivity contribution in [2.75, 3.05) is 65.6 Å². The Balaban J connectivity index is 1.94. The topological polar surface area (TPSA) is 178 Å². The van der Waals surface area contributed by atoms with Crippen molar-refractivity contribution in [3.05, 3.63) is 74.6 Å². The number of hydrogen-bond acceptors (Lipinski definition) is 12. The van der Waals surface area contributed by atoms with Gasteiger partial charge in [-0.25, -0.2) is 0 Å². The number of aliphatic hydroxyl groups is 1. The zero-order valence-electron chi connectivity index (χ0n) is 34.8. The molecule has 8 N–H and O–H groups in total. The molecule has 0 atom stereocenters. The summed E-state index contributed by atoms with van der Waals surface area (Å²) in [6, 6.07) is 4.00. The normalized spacial score (nSPS) is 11.3. The average Bonchev–Trinajstić information content (AvgIpc) is 3.13. The number of aromatic hydroxyl groups is 1. The number of nitrogens with one attached hydrogen (secondary N) is 6. The number of carbonyl (C=O) groups is 1. The van der Waals surface area contributed by atoms with E-state index in [4.69, 9.17) is 13.9 Å². The molecule has 0 unspecified atom stereocenters. The van der Waals surface area contributed by atoms with Crippen LogP contribution in [0.3, 0.4) is 0 Å². The molecule has 13 nitrogen and oxygen atoms in total. The van der Waals surface area contributed by atoms with Gasteiger partial charge in [0.25, 0.3) is 5.91 Å². The second-order valence-corrected chi connectivity index (χ2v) is 15.0. The number of carbonyl (C=O) groups excluding carboxylic acids is 1. The van der Waals surface area contributed by atoms with Gasteiger partial charge in [0.1, 0.15) is 40.4 Å². The van der Waals surface area contributed by atoms with Crippen molar-refractivity contribution in [2.45, 2.75) is 86.9 Å². The van der Waals surface area contributed by atoms with E-state index in [0.29, 0.717) is 66.3 Å². The van der Waals surface area contributed by atoms with Gasteiger partial charge < -0.3 is 56.0 Å². The van der Waals surface area contributed by atoms with Crippen molar-refractivity contribution in [1.82, 2.24) is 31.9 Å². The van der Waals surface area contributed by atoms with E-state index in [-0.39, 0.29) is 59.0 Å². The molecule has 56 heavy (non-hydrogen) atoms. The minimum atomic E-state index is -0.446. The molecule has 0 spiro atoms. The van der Waals surface area contributed by atoms with Gasteiger partial charge in [-0.1, -0.05) is 57.6 Å². The van der Waals surface area contributed by atoms with Crippen molar-refractivity contribution in [2.24, 2.45) is 0 Å². The van der Waals surface area contributed by atoms with E-state index in [9.17, 15) is 19.8 Å². The Kier molecular flexibility index (Phi) is 19.4. The Hall–Kier alpha value is -4.40. The highest BCUT2D eigenvalue weighted by Gasteiger charge is 2.24. The van der Waals surface area contributed by atoms with Crippen LogP contribution in [-0.4, -0.2) is 93.8 Å². The Bertz CT molecular complexity index is 1870. The smallest absolute Gasteiger partial charge is 0.257 e. The first-order chi connectivity index (χ1) is 26.7. The lowest BCUT2D eigenvalue weighted by molar-refractivity contribution is -0.123. The molecule has 0 saturated carbocycles. The molecular formula is C43H66N6O7. The fraction of sp³-hybridized carbons (Fsp3) is 0.535. The number of hydrogen-bond donors (Lipinski definition) is 8. The van der Waals surface area contributed by atoms with Crippen molar-refractivity contribution in [3.8, 4) is 17.2 Å². The number of allylic oxidation sites excluding steroid dienone is 4. The van der Waals surface area contributed by atoms with E-state index >= 15 is 0 Å². The fourth-order valence-electron chi connectivity index (χ4n) is 5.90. The van der Waals surface area contributed by atoms with Crippen molar-refractivity contribution in [3.63, 3.8) is 0 Å². The Labute approximate surface area is 332 Å². The summed E-state index contributed by atoms with van der Waals surface area (Å²) in [4.78, 5) is 27.2. The fourth-order valence-corrected chi connectivity index (χ4v) is 5.90. The summed E-state index contributed by atoms with van der Waals surface area (Å²) >= 11 is 0. The molecule has 0 bridgehead atoms. The minimum absolute atomic E-state index is 0.0148. The summed E-state index contributed by atoms with van der Waals surface area (Å²) in [5.74, 6) is 0.0154. The Morgan fingerprint density at radius 1 is 0.732 bits per heavy atom. The highest BCUT2D eigenvalue weighted by Crippen LogP contribution is 2.39. The molecule has 1 heterocycles. The highest BCUT2D eigenvalue weighted by molar-refractivity contribution is 5.97. The summed E-state index contributed by atoms with van der Waals surface area (Å²) in [5, 5.41) is 42.1. The number of phenolic OH excluding ortho intramolecular Hbond substituents is 1. The van der Waals surface area contributed by atoms with Gasteiger partial charge in [0, 0.05) is 93.4 Å². The lowest BCUT2D eigenvalue weighted by atomic mass is 9.95. The van der Waals surface area contributed by atoms with Gasteiger partial charge in [-0.15, -0.1) is 0 Å². The third-order valence-electron chi connectivity index (χ3n) is 8.83. The van der Waals surface area contributed by atoms with E-state index < -0.39 is 12.0 Å². The van der Waals surface area contributed by atoms with E-state index in [1.165, 1.54) is 6.07 Å². The molecule has 0 aliphatic rings. The number of phenols is 1. The third-order valence-corrected chi connectivity index (χ3v) is 8.83. The van der Waals surface area contributed by atoms with Crippen LogP contribution in [0.1, 0.15) is 72.1 Å². The first-order valence-electron chi connectivity index (χ1n) is 19.7. The summed E-state index contributed by atoms with van der Waals surface area (Å²) < 4.78 is 18.6.